The molecular formula is C19H20FN3O. The maximum atomic E-state index is 12.9. The number of amides is 1. The van der Waals surface area contributed by atoms with Crippen molar-refractivity contribution in [1.29, 1.82) is 0 Å². The van der Waals surface area contributed by atoms with Crippen LogP contribution in [0.5, 0.6) is 0 Å². The average Bonchev–Trinajstić information content (AvgIpc) is 2.63. The van der Waals surface area contributed by atoms with Crippen LogP contribution in [0.2, 0.25) is 0 Å². The lowest BCUT2D eigenvalue weighted by molar-refractivity contribution is 0.0949. The molecule has 0 bridgehead atoms. The summed E-state index contributed by atoms with van der Waals surface area (Å²) in [5, 5.41) is 2.87. The van der Waals surface area contributed by atoms with Crippen LogP contribution >= 0.6 is 0 Å². The van der Waals surface area contributed by atoms with E-state index in [1.54, 1.807) is 0 Å². The van der Waals surface area contributed by atoms with Crippen LogP contribution in [-0.2, 0) is 0 Å². The van der Waals surface area contributed by atoms with Gasteiger partial charge in [0.2, 0.25) is 0 Å². The van der Waals surface area contributed by atoms with E-state index in [-0.39, 0.29) is 11.7 Å². The zero-order valence-electron chi connectivity index (χ0n) is 13.4. The Bertz CT molecular complexity index is 713. The van der Waals surface area contributed by atoms with Crippen LogP contribution < -0.4 is 5.32 Å². The van der Waals surface area contributed by atoms with Gasteiger partial charge in [-0.2, -0.15) is 0 Å². The zero-order chi connectivity index (χ0) is 16.8. The van der Waals surface area contributed by atoms with Crippen LogP contribution in [0.15, 0.2) is 54.7 Å². The molecule has 1 aliphatic rings. The smallest absolute Gasteiger partial charge is 0.251 e. The van der Waals surface area contributed by atoms with Crippen molar-refractivity contribution in [1.82, 2.24) is 15.2 Å². The Hall–Kier alpha value is -2.53. The topological polar surface area (TPSA) is 45.2 Å². The van der Waals surface area contributed by atoms with Gasteiger partial charge in [0.25, 0.3) is 5.91 Å². The van der Waals surface area contributed by atoms with E-state index in [0.29, 0.717) is 12.1 Å². The molecule has 1 aromatic heterocycles. The molecule has 1 aromatic carbocycles. The minimum absolute atomic E-state index is 0.170. The van der Waals surface area contributed by atoms with E-state index in [1.165, 1.54) is 29.8 Å². The van der Waals surface area contributed by atoms with Gasteiger partial charge >= 0.3 is 0 Å². The normalized spacial score (nSPS) is 15.0. The Balaban J connectivity index is 1.44. The van der Waals surface area contributed by atoms with Gasteiger partial charge in [0, 0.05) is 37.9 Å². The summed E-state index contributed by atoms with van der Waals surface area (Å²) in [4.78, 5) is 18.6. The molecule has 0 aliphatic carbocycles. The fourth-order valence-electron chi connectivity index (χ4n) is 2.73. The second kappa shape index (κ2) is 7.84. The molecule has 2 heterocycles. The fraction of sp³-hybridized carbons (Fsp3) is 0.263. The molecule has 0 spiro atoms. The third kappa shape index (κ3) is 4.26. The molecule has 1 amide bonds. The molecular weight excluding hydrogens is 305 g/mol. The number of halogens is 1. The van der Waals surface area contributed by atoms with E-state index in [2.05, 4.69) is 21.3 Å². The predicted octanol–water partition coefficient (Wildman–Crippen LogP) is 2.74. The van der Waals surface area contributed by atoms with E-state index in [4.69, 9.17) is 0 Å². The summed E-state index contributed by atoms with van der Waals surface area (Å²) in [6.07, 6.45) is 4.98. The second-order valence-corrected chi connectivity index (χ2v) is 5.76. The monoisotopic (exact) mass is 325 g/mol. The van der Waals surface area contributed by atoms with Gasteiger partial charge in [-0.15, -0.1) is 0 Å². The van der Waals surface area contributed by atoms with Gasteiger partial charge in [-0.05, 0) is 48.4 Å². The number of pyridine rings is 1. The summed E-state index contributed by atoms with van der Waals surface area (Å²) >= 11 is 0. The Morgan fingerprint density at radius 3 is 2.71 bits per heavy atom. The lowest BCUT2D eigenvalue weighted by atomic mass is 10.0. The van der Waals surface area contributed by atoms with Crippen LogP contribution in [0.25, 0.3) is 5.57 Å². The molecule has 0 unspecified atom stereocenters. The van der Waals surface area contributed by atoms with Crippen molar-refractivity contribution in [3.63, 3.8) is 0 Å². The number of nitrogens with one attached hydrogen (secondary N) is 1. The van der Waals surface area contributed by atoms with Gasteiger partial charge in [-0.25, -0.2) is 4.39 Å². The van der Waals surface area contributed by atoms with E-state index in [1.807, 2.05) is 24.4 Å². The van der Waals surface area contributed by atoms with E-state index in [0.717, 1.165) is 31.7 Å². The maximum absolute atomic E-state index is 12.9. The van der Waals surface area contributed by atoms with Crippen molar-refractivity contribution in [2.45, 2.75) is 6.42 Å². The first-order valence-corrected chi connectivity index (χ1v) is 8.09. The van der Waals surface area contributed by atoms with Crippen molar-refractivity contribution >= 4 is 11.5 Å². The minimum Gasteiger partial charge on any atom is -0.351 e. The maximum Gasteiger partial charge on any atom is 0.251 e. The average molecular weight is 325 g/mol. The largest absolute Gasteiger partial charge is 0.351 e. The molecule has 2 aromatic rings. The fourth-order valence-corrected chi connectivity index (χ4v) is 2.73. The summed E-state index contributed by atoms with van der Waals surface area (Å²) in [7, 11) is 0. The molecule has 3 rings (SSSR count). The lowest BCUT2D eigenvalue weighted by Crippen LogP contribution is -2.37. The van der Waals surface area contributed by atoms with Gasteiger partial charge in [0.05, 0.1) is 5.69 Å². The molecule has 0 fully saturated rings. The Labute approximate surface area is 141 Å². The quantitative estimate of drug-likeness (QED) is 0.919. The summed E-state index contributed by atoms with van der Waals surface area (Å²) in [5.74, 6) is -0.507. The van der Waals surface area contributed by atoms with Gasteiger partial charge in [0.15, 0.2) is 0 Å². The third-order valence-corrected chi connectivity index (χ3v) is 4.11. The van der Waals surface area contributed by atoms with Crippen LogP contribution in [0, 0.1) is 5.82 Å². The summed E-state index contributed by atoms with van der Waals surface area (Å²) in [6.45, 7) is 3.18. The number of hydrogen-bond donors (Lipinski definition) is 1. The van der Waals surface area contributed by atoms with Gasteiger partial charge in [0.1, 0.15) is 5.82 Å². The van der Waals surface area contributed by atoms with Crippen LogP contribution in [0.3, 0.4) is 0 Å². The van der Waals surface area contributed by atoms with Gasteiger partial charge in [-0.1, -0.05) is 12.1 Å². The molecule has 5 heteroatoms. The molecule has 124 valence electrons. The molecule has 0 radical (unpaired) electrons. The molecule has 0 saturated carbocycles. The number of aromatic nitrogens is 1. The number of benzene rings is 1. The first-order valence-electron chi connectivity index (χ1n) is 8.09. The van der Waals surface area contributed by atoms with Crippen LogP contribution in [0.4, 0.5) is 4.39 Å². The van der Waals surface area contributed by atoms with Crippen molar-refractivity contribution in [2.75, 3.05) is 26.2 Å². The number of carbonyl (C=O) groups excluding carboxylic acids is 1. The highest BCUT2D eigenvalue weighted by Crippen LogP contribution is 2.19. The summed E-state index contributed by atoms with van der Waals surface area (Å²) < 4.78 is 12.9. The number of nitrogens with zero attached hydrogens (tertiary/aromatic N) is 2. The Kier molecular flexibility index (Phi) is 5.33. The van der Waals surface area contributed by atoms with E-state index >= 15 is 0 Å². The highest BCUT2D eigenvalue weighted by Gasteiger charge is 2.13. The molecule has 4 nitrogen and oxygen atoms in total. The first kappa shape index (κ1) is 16.3. The Morgan fingerprint density at radius 2 is 2.04 bits per heavy atom. The summed E-state index contributed by atoms with van der Waals surface area (Å²) in [5.41, 5.74) is 2.80. The molecule has 24 heavy (non-hydrogen) atoms. The number of rotatable bonds is 5. The number of carbonyl (C=O) groups is 1. The highest BCUT2D eigenvalue weighted by atomic mass is 19.1. The SMILES string of the molecule is O=C(NCCN1CC=C(c2ccccn2)CC1)c1ccc(F)cc1. The minimum atomic E-state index is -0.338. The van der Waals surface area contributed by atoms with Crippen LogP contribution in [0.1, 0.15) is 22.5 Å². The molecule has 0 saturated heterocycles. The standard InChI is InChI=1S/C19H20FN3O/c20-17-6-4-16(5-7-17)19(24)22-11-14-23-12-8-15(9-13-23)18-3-1-2-10-21-18/h1-8,10H,9,11-14H2,(H,22,24). The molecule has 0 atom stereocenters. The Morgan fingerprint density at radius 1 is 1.21 bits per heavy atom. The lowest BCUT2D eigenvalue weighted by Gasteiger charge is -2.26. The summed E-state index contributed by atoms with van der Waals surface area (Å²) in [6, 6.07) is 11.5. The van der Waals surface area contributed by atoms with Crippen molar-refractivity contribution < 1.29 is 9.18 Å². The molecule has 1 N–H and O–H groups in total. The van der Waals surface area contributed by atoms with Crippen LogP contribution in [-0.4, -0.2) is 42.0 Å². The molecule has 1 aliphatic heterocycles. The predicted molar refractivity (Wildman–Crippen MR) is 92.0 cm³/mol. The highest BCUT2D eigenvalue weighted by molar-refractivity contribution is 5.94. The van der Waals surface area contributed by atoms with Gasteiger partial charge in [-0.3, -0.25) is 14.7 Å². The third-order valence-electron chi connectivity index (χ3n) is 4.11. The van der Waals surface area contributed by atoms with Gasteiger partial charge < -0.3 is 5.32 Å². The van der Waals surface area contributed by atoms with Crippen molar-refractivity contribution in [2.24, 2.45) is 0 Å². The first-order chi connectivity index (χ1) is 11.7. The van der Waals surface area contributed by atoms with Crippen molar-refractivity contribution in [3.05, 3.63) is 71.8 Å². The van der Waals surface area contributed by atoms with E-state index < -0.39 is 0 Å². The van der Waals surface area contributed by atoms with Crippen molar-refractivity contribution in [3.8, 4) is 0 Å². The number of hydrogen-bond acceptors (Lipinski definition) is 3. The van der Waals surface area contributed by atoms with E-state index in [9.17, 15) is 9.18 Å². The zero-order valence-corrected chi connectivity index (χ0v) is 13.4. The second-order valence-electron chi connectivity index (χ2n) is 5.76.